The molecular weight excluding hydrogens is 198 g/mol. The van der Waals surface area contributed by atoms with E-state index in [2.05, 4.69) is 18.8 Å². The molecule has 1 heterocycles. The number of hydrogen-bond donors (Lipinski definition) is 0. The van der Waals surface area contributed by atoms with E-state index in [1.54, 1.807) is 0 Å². The Labute approximate surface area is 90.3 Å². The van der Waals surface area contributed by atoms with Crippen LogP contribution in [-0.2, 0) is 12.3 Å². The first kappa shape index (κ1) is 11.3. The van der Waals surface area contributed by atoms with Crippen molar-refractivity contribution in [1.29, 1.82) is 0 Å². The smallest absolute Gasteiger partial charge is 0.213 e. The molecular formula is C11H16ClNO. The molecule has 0 fully saturated rings. The van der Waals surface area contributed by atoms with E-state index < -0.39 is 0 Å². The van der Waals surface area contributed by atoms with Crippen molar-refractivity contribution in [2.24, 2.45) is 0 Å². The van der Waals surface area contributed by atoms with Gasteiger partial charge in [0.05, 0.1) is 6.61 Å². The van der Waals surface area contributed by atoms with Gasteiger partial charge in [0.2, 0.25) is 5.88 Å². The lowest BCUT2D eigenvalue weighted by Crippen LogP contribution is -2.00. The minimum Gasteiger partial charge on any atom is -0.478 e. The Balaban J connectivity index is 2.81. The third-order valence-electron chi connectivity index (χ3n) is 1.89. The van der Waals surface area contributed by atoms with E-state index in [0.717, 1.165) is 24.1 Å². The van der Waals surface area contributed by atoms with Crippen molar-refractivity contribution in [3.63, 3.8) is 0 Å². The molecule has 0 aliphatic carbocycles. The van der Waals surface area contributed by atoms with Gasteiger partial charge in [-0.3, -0.25) is 0 Å². The van der Waals surface area contributed by atoms with Crippen LogP contribution in [0.1, 0.15) is 31.5 Å². The van der Waals surface area contributed by atoms with Gasteiger partial charge in [-0.05, 0) is 24.5 Å². The summed E-state index contributed by atoms with van der Waals surface area (Å²) in [5, 5.41) is 0. The fourth-order valence-corrected chi connectivity index (χ4v) is 1.31. The summed E-state index contributed by atoms with van der Waals surface area (Å²) in [5.41, 5.74) is 2.11. The molecule has 0 saturated heterocycles. The topological polar surface area (TPSA) is 22.1 Å². The first-order chi connectivity index (χ1) is 6.80. The van der Waals surface area contributed by atoms with E-state index >= 15 is 0 Å². The Morgan fingerprint density at radius 2 is 2.14 bits per heavy atom. The van der Waals surface area contributed by atoms with Crippen LogP contribution in [0.5, 0.6) is 5.88 Å². The fourth-order valence-electron chi connectivity index (χ4n) is 1.16. The van der Waals surface area contributed by atoms with E-state index in [1.165, 1.54) is 0 Å². The van der Waals surface area contributed by atoms with Crippen LogP contribution in [0.3, 0.4) is 0 Å². The average Bonchev–Trinajstić information content (AvgIpc) is 2.25. The minimum absolute atomic E-state index is 0.512. The molecule has 1 rings (SSSR count). The summed E-state index contributed by atoms with van der Waals surface area (Å²) in [5.74, 6) is 1.21. The lowest BCUT2D eigenvalue weighted by Gasteiger charge is -2.07. The highest BCUT2D eigenvalue weighted by molar-refractivity contribution is 6.17. The van der Waals surface area contributed by atoms with Crippen LogP contribution in [0, 0.1) is 0 Å². The lowest BCUT2D eigenvalue weighted by atomic mass is 10.2. The Kier molecular flexibility index (Phi) is 4.74. The maximum absolute atomic E-state index is 5.78. The SMILES string of the molecule is CCCOc1cc(CCl)cc(CC)n1. The maximum Gasteiger partial charge on any atom is 0.213 e. The van der Waals surface area contributed by atoms with E-state index in [0.29, 0.717) is 18.4 Å². The van der Waals surface area contributed by atoms with Crippen LogP contribution in [0.25, 0.3) is 0 Å². The molecule has 0 atom stereocenters. The third-order valence-corrected chi connectivity index (χ3v) is 2.19. The highest BCUT2D eigenvalue weighted by atomic mass is 35.5. The number of rotatable bonds is 5. The number of aryl methyl sites for hydroxylation is 1. The van der Waals surface area contributed by atoms with Crippen LogP contribution in [0.2, 0.25) is 0 Å². The van der Waals surface area contributed by atoms with Crippen molar-refractivity contribution in [3.8, 4) is 5.88 Å². The molecule has 0 bridgehead atoms. The van der Waals surface area contributed by atoms with Crippen LogP contribution in [0.4, 0.5) is 0 Å². The number of alkyl halides is 1. The molecule has 0 spiro atoms. The van der Waals surface area contributed by atoms with E-state index in [9.17, 15) is 0 Å². The van der Waals surface area contributed by atoms with Crippen LogP contribution in [0.15, 0.2) is 12.1 Å². The third kappa shape index (κ3) is 3.18. The van der Waals surface area contributed by atoms with Crippen molar-refractivity contribution < 1.29 is 4.74 Å². The predicted octanol–water partition coefficient (Wildman–Crippen LogP) is 3.17. The lowest BCUT2D eigenvalue weighted by molar-refractivity contribution is 0.304. The van der Waals surface area contributed by atoms with Gasteiger partial charge in [0.25, 0.3) is 0 Å². The van der Waals surface area contributed by atoms with Crippen LogP contribution < -0.4 is 4.74 Å². The summed E-state index contributed by atoms with van der Waals surface area (Å²) in [4.78, 5) is 4.36. The zero-order chi connectivity index (χ0) is 10.4. The van der Waals surface area contributed by atoms with Gasteiger partial charge in [0.1, 0.15) is 0 Å². The number of ether oxygens (including phenoxy) is 1. The zero-order valence-corrected chi connectivity index (χ0v) is 9.47. The Morgan fingerprint density at radius 3 is 2.71 bits per heavy atom. The van der Waals surface area contributed by atoms with Gasteiger partial charge < -0.3 is 4.74 Å². The molecule has 0 radical (unpaired) electrons. The fraction of sp³-hybridized carbons (Fsp3) is 0.545. The Morgan fingerprint density at radius 1 is 1.36 bits per heavy atom. The summed E-state index contributed by atoms with van der Waals surface area (Å²) >= 11 is 5.78. The highest BCUT2D eigenvalue weighted by Crippen LogP contribution is 2.15. The quantitative estimate of drug-likeness (QED) is 0.701. The van der Waals surface area contributed by atoms with Crippen LogP contribution >= 0.6 is 11.6 Å². The van der Waals surface area contributed by atoms with Gasteiger partial charge in [0.15, 0.2) is 0 Å². The molecule has 2 nitrogen and oxygen atoms in total. The van der Waals surface area contributed by atoms with E-state index in [1.807, 2.05) is 12.1 Å². The van der Waals surface area contributed by atoms with Gasteiger partial charge in [-0.2, -0.15) is 0 Å². The van der Waals surface area contributed by atoms with Gasteiger partial charge in [-0.1, -0.05) is 13.8 Å². The standard InChI is InChI=1S/C11H16ClNO/c1-3-5-14-11-7-9(8-12)6-10(4-2)13-11/h6-7H,3-5,8H2,1-2H3. The molecule has 1 aromatic heterocycles. The number of nitrogens with zero attached hydrogens (tertiary/aromatic N) is 1. The maximum atomic E-state index is 5.78. The number of halogens is 1. The summed E-state index contributed by atoms with van der Waals surface area (Å²) in [6.07, 6.45) is 1.90. The molecule has 0 N–H and O–H groups in total. The second-order valence-electron chi connectivity index (χ2n) is 3.14. The summed E-state index contributed by atoms with van der Waals surface area (Å²) in [6.45, 7) is 4.86. The number of pyridine rings is 1. The molecule has 0 aromatic carbocycles. The summed E-state index contributed by atoms with van der Waals surface area (Å²) in [6, 6.07) is 3.92. The van der Waals surface area contributed by atoms with Gasteiger partial charge in [-0.25, -0.2) is 4.98 Å². The number of hydrogen-bond acceptors (Lipinski definition) is 2. The van der Waals surface area contributed by atoms with Crippen molar-refractivity contribution in [1.82, 2.24) is 4.98 Å². The second kappa shape index (κ2) is 5.86. The molecule has 14 heavy (non-hydrogen) atoms. The first-order valence-corrected chi connectivity index (χ1v) is 5.52. The monoisotopic (exact) mass is 213 g/mol. The molecule has 78 valence electrons. The summed E-state index contributed by atoms with van der Waals surface area (Å²) < 4.78 is 5.47. The van der Waals surface area contributed by atoms with E-state index in [4.69, 9.17) is 16.3 Å². The van der Waals surface area contributed by atoms with Crippen LogP contribution in [-0.4, -0.2) is 11.6 Å². The molecule has 3 heteroatoms. The van der Waals surface area contributed by atoms with Crippen molar-refractivity contribution in [3.05, 3.63) is 23.4 Å². The normalized spacial score (nSPS) is 10.2. The van der Waals surface area contributed by atoms with Gasteiger partial charge in [-0.15, -0.1) is 11.6 Å². The Hall–Kier alpha value is -0.760. The molecule has 0 amide bonds. The second-order valence-corrected chi connectivity index (χ2v) is 3.41. The van der Waals surface area contributed by atoms with Crippen molar-refractivity contribution in [2.45, 2.75) is 32.6 Å². The zero-order valence-electron chi connectivity index (χ0n) is 8.72. The number of aromatic nitrogens is 1. The highest BCUT2D eigenvalue weighted by Gasteiger charge is 2.01. The first-order valence-electron chi connectivity index (χ1n) is 4.98. The predicted molar refractivity (Wildman–Crippen MR) is 59.0 cm³/mol. The molecule has 0 saturated carbocycles. The summed E-state index contributed by atoms with van der Waals surface area (Å²) in [7, 11) is 0. The minimum atomic E-state index is 0.512. The molecule has 0 aliphatic rings. The Bertz CT molecular complexity index is 266. The average molecular weight is 214 g/mol. The molecule has 0 unspecified atom stereocenters. The largest absolute Gasteiger partial charge is 0.478 e. The van der Waals surface area contributed by atoms with Crippen molar-refractivity contribution in [2.75, 3.05) is 6.61 Å². The van der Waals surface area contributed by atoms with Gasteiger partial charge >= 0.3 is 0 Å². The molecule has 1 aromatic rings. The molecule has 0 aliphatic heterocycles. The van der Waals surface area contributed by atoms with Gasteiger partial charge in [0, 0.05) is 17.6 Å². The van der Waals surface area contributed by atoms with E-state index in [-0.39, 0.29) is 0 Å². The van der Waals surface area contributed by atoms with Crippen molar-refractivity contribution >= 4 is 11.6 Å².